The lowest BCUT2D eigenvalue weighted by atomic mass is 9.46. The molecule has 5 nitrogen and oxygen atoms in total. The first-order valence-electron chi connectivity index (χ1n) is 11.2. The molecule has 1 N–H and O–H groups in total. The summed E-state index contributed by atoms with van der Waals surface area (Å²) >= 11 is 9.46. The van der Waals surface area contributed by atoms with Crippen molar-refractivity contribution in [2.75, 3.05) is 0 Å². The van der Waals surface area contributed by atoms with Crippen molar-refractivity contribution in [2.45, 2.75) is 81.0 Å². The Hall–Kier alpha value is -0.600. The van der Waals surface area contributed by atoms with Gasteiger partial charge in [-0.05, 0) is 62.7 Å². The molecule has 0 radical (unpaired) electrons. The third-order valence-corrected chi connectivity index (χ3v) is 9.65. The highest BCUT2D eigenvalue weighted by atomic mass is 79.9. The van der Waals surface area contributed by atoms with Crippen molar-refractivity contribution in [1.82, 2.24) is 0 Å². The quantitative estimate of drug-likeness (QED) is 0.540. The van der Waals surface area contributed by atoms with Gasteiger partial charge in [0.1, 0.15) is 10.5 Å². The van der Waals surface area contributed by atoms with E-state index in [9.17, 15) is 14.7 Å². The molecule has 0 bridgehead atoms. The van der Waals surface area contributed by atoms with Crippen LogP contribution in [0.25, 0.3) is 0 Å². The minimum absolute atomic E-state index is 0.105. The zero-order chi connectivity index (χ0) is 23.4. The SMILES string of the molecule is CC1(C)O[C@@H]2C[C@H]3[C@@H]4C[C@H](F)C5=CC(=O)C=C[C@]5(C)[C@H]4[C@@H](O)C[C@]3(C)[C@]2(C(=O)C(Cl)Br)O1. The Morgan fingerprint density at radius 2 is 2.00 bits per heavy atom. The van der Waals surface area contributed by atoms with Crippen LogP contribution in [0.4, 0.5) is 4.39 Å². The fourth-order valence-corrected chi connectivity index (χ4v) is 8.53. The zero-order valence-corrected chi connectivity index (χ0v) is 21.0. The van der Waals surface area contributed by atoms with Gasteiger partial charge in [-0.15, -0.1) is 11.6 Å². The largest absolute Gasteiger partial charge is 0.393 e. The number of alkyl halides is 3. The van der Waals surface area contributed by atoms with Crippen LogP contribution in [-0.4, -0.2) is 50.7 Å². The number of hydrogen-bond donors (Lipinski definition) is 1. The van der Waals surface area contributed by atoms with Gasteiger partial charge < -0.3 is 14.6 Å². The fourth-order valence-electron chi connectivity index (χ4n) is 8.03. The molecule has 3 saturated carbocycles. The van der Waals surface area contributed by atoms with E-state index in [0.717, 1.165) is 0 Å². The van der Waals surface area contributed by atoms with Gasteiger partial charge >= 0.3 is 0 Å². The van der Waals surface area contributed by atoms with Crippen molar-refractivity contribution in [2.24, 2.45) is 28.6 Å². The van der Waals surface area contributed by atoms with Gasteiger partial charge in [0, 0.05) is 16.7 Å². The van der Waals surface area contributed by atoms with Gasteiger partial charge in [-0.3, -0.25) is 9.59 Å². The first-order valence-corrected chi connectivity index (χ1v) is 12.6. The van der Waals surface area contributed by atoms with Crippen molar-refractivity contribution < 1.29 is 28.6 Å². The number of aliphatic hydroxyl groups is 1. The van der Waals surface area contributed by atoms with Crippen molar-refractivity contribution in [1.29, 1.82) is 0 Å². The molecule has 0 spiro atoms. The Morgan fingerprint density at radius 1 is 1.31 bits per heavy atom. The molecule has 1 heterocycles. The number of Topliss-reactive ketones (excluding diaryl/α,β-unsaturated/α-hetero) is 1. The Labute approximate surface area is 200 Å². The zero-order valence-electron chi connectivity index (χ0n) is 18.6. The van der Waals surface area contributed by atoms with Crippen LogP contribution in [0.15, 0.2) is 23.8 Å². The molecule has 176 valence electrons. The summed E-state index contributed by atoms with van der Waals surface area (Å²) in [6.07, 6.45) is 3.05. The third-order valence-electron chi connectivity index (χ3n) is 9.03. The van der Waals surface area contributed by atoms with Crippen molar-refractivity contribution in [3.05, 3.63) is 23.8 Å². The molecular formula is C24H29BrClFO5. The highest BCUT2D eigenvalue weighted by Gasteiger charge is 2.77. The molecular weight excluding hydrogens is 503 g/mol. The van der Waals surface area contributed by atoms with E-state index in [1.54, 1.807) is 19.9 Å². The van der Waals surface area contributed by atoms with Crippen LogP contribution in [0.5, 0.6) is 0 Å². The number of ketones is 2. The molecule has 5 aliphatic rings. The number of aliphatic hydroxyl groups excluding tert-OH is 1. The summed E-state index contributed by atoms with van der Waals surface area (Å²) in [6.45, 7) is 7.43. The van der Waals surface area contributed by atoms with Crippen LogP contribution in [0.3, 0.4) is 0 Å². The van der Waals surface area contributed by atoms with Crippen LogP contribution >= 0.6 is 27.5 Å². The summed E-state index contributed by atoms with van der Waals surface area (Å²) in [6, 6.07) is 0. The van der Waals surface area contributed by atoms with E-state index in [4.69, 9.17) is 21.1 Å². The number of ether oxygens (including phenoxy) is 2. The number of hydrogen-bond acceptors (Lipinski definition) is 5. The molecule has 0 amide bonds. The molecule has 5 rings (SSSR count). The summed E-state index contributed by atoms with van der Waals surface area (Å²) < 4.78 is 27.2. The lowest BCUT2D eigenvalue weighted by Gasteiger charge is -2.60. The van der Waals surface area contributed by atoms with Crippen LogP contribution in [0.1, 0.15) is 47.0 Å². The van der Waals surface area contributed by atoms with Crippen LogP contribution in [-0.2, 0) is 19.1 Å². The van der Waals surface area contributed by atoms with Crippen molar-refractivity contribution >= 4 is 39.1 Å². The maximum absolute atomic E-state index is 15.5. The number of carbonyl (C=O) groups is 2. The second-order valence-corrected chi connectivity index (χ2v) is 12.9. The molecule has 1 aliphatic heterocycles. The first kappa shape index (κ1) is 23.2. The number of carbonyl (C=O) groups excluding carboxylic acids is 2. The van der Waals surface area contributed by atoms with Crippen molar-refractivity contribution in [3.8, 4) is 0 Å². The first-order chi connectivity index (χ1) is 14.8. The van der Waals surface area contributed by atoms with Gasteiger partial charge in [-0.2, -0.15) is 0 Å². The minimum Gasteiger partial charge on any atom is -0.393 e. The van der Waals surface area contributed by atoms with Gasteiger partial charge in [-0.1, -0.05) is 35.9 Å². The molecule has 4 fully saturated rings. The standard InChI is InChI=1S/C24H29BrClFO5/c1-21(2)31-17-9-13-12-8-15(27)14-7-11(28)5-6-22(14,3)18(12)16(29)10-23(13,4)24(17,32-21)19(30)20(25)26/h5-7,12-13,15-18,20,29H,8-10H2,1-4H3/t12-,13-,15-,16-,17+,18+,20?,22-,23-,24-/m0/s1. The predicted octanol–water partition coefficient (Wildman–Crippen LogP) is 4.24. The third kappa shape index (κ3) is 2.78. The molecule has 4 aliphatic carbocycles. The van der Waals surface area contributed by atoms with E-state index < -0.39 is 44.9 Å². The number of allylic oxidation sites excluding steroid dienone is 4. The lowest BCUT2D eigenvalue weighted by molar-refractivity contribution is -0.225. The molecule has 1 unspecified atom stereocenters. The normalized spacial score (nSPS) is 51.9. The minimum atomic E-state index is -1.33. The van der Waals surface area contributed by atoms with Gasteiger partial charge in [-0.25, -0.2) is 4.39 Å². The Morgan fingerprint density at radius 3 is 2.66 bits per heavy atom. The molecule has 32 heavy (non-hydrogen) atoms. The summed E-state index contributed by atoms with van der Waals surface area (Å²) in [5.74, 6) is -2.08. The number of rotatable bonds is 2. The van der Waals surface area contributed by atoms with E-state index in [0.29, 0.717) is 18.4 Å². The number of halogens is 3. The van der Waals surface area contributed by atoms with Gasteiger partial charge in [0.15, 0.2) is 23.0 Å². The molecule has 8 heteroatoms. The average Bonchev–Trinajstić information content (AvgIpc) is 3.08. The Kier molecular flexibility index (Phi) is 5.04. The fraction of sp³-hybridized carbons (Fsp3) is 0.750. The van der Waals surface area contributed by atoms with Crippen LogP contribution in [0.2, 0.25) is 0 Å². The molecule has 0 aromatic heterocycles. The second kappa shape index (κ2) is 6.97. The summed E-state index contributed by atoms with van der Waals surface area (Å²) in [7, 11) is 0. The second-order valence-electron chi connectivity index (χ2n) is 11.1. The van der Waals surface area contributed by atoms with E-state index in [2.05, 4.69) is 15.9 Å². The Bertz CT molecular complexity index is 949. The Balaban J connectivity index is 1.62. The molecule has 1 saturated heterocycles. The van der Waals surface area contributed by atoms with Gasteiger partial charge in [0.25, 0.3) is 0 Å². The smallest absolute Gasteiger partial charge is 0.196 e. The van der Waals surface area contributed by atoms with E-state index in [1.807, 2.05) is 13.8 Å². The maximum atomic E-state index is 15.5. The van der Waals surface area contributed by atoms with Gasteiger partial charge in [0.05, 0.1) is 12.2 Å². The highest BCUT2D eigenvalue weighted by molar-refractivity contribution is 9.10. The van der Waals surface area contributed by atoms with E-state index in [-0.39, 0.29) is 35.7 Å². The highest BCUT2D eigenvalue weighted by Crippen LogP contribution is 2.70. The number of fused-ring (bicyclic) bond motifs is 7. The predicted molar refractivity (Wildman–Crippen MR) is 120 cm³/mol. The maximum Gasteiger partial charge on any atom is 0.196 e. The van der Waals surface area contributed by atoms with E-state index >= 15 is 4.39 Å². The molecule has 0 aromatic rings. The van der Waals surface area contributed by atoms with Crippen LogP contribution in [0, 0.1) is 28.6 Å². The lowest BCUT2D eigenvalue weighted by Crippen LogP contribution is -2.64. The van der Waals surface area contributed by atoms with E-state index in [1.165, 1.54) is 12.2 Å². The summed E-state index contributed by atoms with van der Waals surface area (Å²) in [4.78, 5) is 25.5. The topological polar surface area (TPSA) is 72.8 Å². The summed E-state index contributed by atoms with van der Waals surface area (Å²) in [5, 5.41) is 11.5. The van der Waals surface area contributed by atoms with Crippen LogP contribution < -0.4 is 0 Å². The van der Waals surface area contributed by atoms with Gasteiger partial charge in [0.2, 0.25) is 0 Å². The molecule has 10 atom stereocenters. The monoisotopic (exact) mass is 530 g/mol. The molecule has 0 aromatic carbocycles. The summed E-state index contributed by atoms with van der Waals surface area (Å²) in [5.41, 5.74) is -2.41. The van der Waals surface area contributed by atoms with Crippen molar-refractivity contribution in [3.63, 3.8) is 0 Å². The average molecular weight is 532 g/mol.